The normalized spacial score (nSPS) is 13.5. The molecule has 0 heterocycles. The fourth-order valence-corrected chi connectivity index (χ4v) is 8.49. The number of hydrogen-bond donors (Lipinski definition) is 3. The summed E-state index contributed by atoms with van der Waals surface area (Å²) in [4.78, 5) is 26.2. The molecule has 374 valence electrons. The van der Waals surface area contributed by atoms with Crippen LogP contribution in [0.1, 0.15) is 284 Å². The Morgan fingerprint density at radius 1 is 0.469 bits per heavy atom. The maximum absolute atomic E-state index is 13.2. The zero-order chi connectivity index (χ0) is 46.7. The van der Waals surface area contributed by atoms with E-state index in [0.717, 1.165) is 70.6 Å². The van der Waals surface area contributed by atoms with Gasteiger partial charge in [0, 0.05) is 6.42 Å². The zero-order valence-corrected chi connectivity index (χ0v) is 42.7. The first-order valence-corrected chi connectivity index (χ1v) is 27.9. The third kappa shape index (κ3) is 46.4. The first-order chi connectivity index (χ1) is 31.5. The summed E-state index contributed by atoms with van der Waals surface area (Å²) in [7, 11) is 0. The van der Waals surface area contributed by atoms with Crippen LogP contribution in [0.2, 0.25) is 0 Å². The number of ether oxygens (including phenoxy) is 1. The lowest BCUT2D eigenvalue weighted by atomic mass is 10.0. The van der Waals surface area contributed by atoms with Crippen LogP contribution in [-0.4, -0.2) is 46.9 Å². The van der Waals surface area contributed by atoms with E-state index in [1.807, 2.05) is 0 Å². The van der Waals surface area contributed by atoms with Gasteiger partial charge >= 0.3 is 5.97 Å². The van der Waals surface area contributed by atoms with E-state index in [9.17, 15) is 19.8 Å². The van der Waals surface area contributed by atoms with Crippen molar-refractivity contribution in [1.82, 2.24) is 5.32 Å². The first kappa shape index (κ1) is 61.8. The van der Waals surface area contributed by atoms with Crippen molar-refractivity contribution in [3.63, 3.8) is 0 Å². The summed E-state index contributed by atoms with van der Waals surface area (Å²) < 4.78 is 5.94. The second-order valence-corrected chi connectivity index (χ2v) is 19.0. The Hall–Kier alpha value is -2.18. The van der Waals surface area contributed by atoms with Gasteiger partial charge in [0.1, 0.15) is 6.10 Å². The van der Waals surface area contributed by atoms with Crippen molar-refractivity contribution in [2.45, 2.75) is 302 Å². The molecule has 3 atom stereocenters. The molecule has 0 saturated heterocycles. The highest BCUT2D eigenvalue weighted by atomic mass is 16.5. The second-order valence-electron chi connectivity index (χ2n) is 19.0. The number of carbonyl (C=O) groups is 2. The van der Waals surface area contributed by atoms with Crippen molar-refractivity contribution in [3.8, 4) is 0 Å². The van der Waals surface area contributed by atoms with Gasteiger partial charge in [0.2, 0.25) is 5.91 Å². The van der Waals surface area contributed by atoms with Crippen LogP contribution in [0.3, 0.4) is 0 Å². The Morgan fingerprint density at radius 3 is 1.33 bits per heavy atom. The van der Waals surface area contributed by atoms with Gasteiger partial charge in [0.05, 0.1) is 25.2 Å². The minimum Gasteiger partial charge on any atom is -0.462 e. The summed E-state index contributed by atoms with van der Waals surface area (Å²) in [5.41, 5.74) is 0. The second kappa shape index (κ2) is 51.8. The lowest BCUT2D eigenvalue weighted by molar-refractivity contribution is -0.151. The number of rotatable bonds is 50. The molecule has 3 unspecified atom stereocenters. The van der Waals surface area contributed by atoms with Crippen molar-refractivity contribution in [2.24, 2.45) is 0 Å². The van der Waals surface area contributed by atoms with E-state index in [0.29, 0.717) is 19.3 Å². The molecule has 0 aliphatic carbocycles. The zero-order valence-electron chi connectivity index (χ0n) is 42.7. The largest absolute Gasteiger partial charge is 0.462 e. The lowest BCUT2D eigenvalue weighted by Gasteiger charge is -2.24. The van der Waals surface area contributed by atoms with E-state index in [2.05, 4.69) is 74.7 Å². The van der Waals surface area contributed by atoms with Gasteiger partial charge in [-0.3, -0.25) is 9.59 Å². The number of allylic oxidation sites excluding steroid dienone is 8. The Morgan fingerprint density at radius 2 is 0.859 bits per heavy atom. The monoisotopic (exact) mass is 898 g/mol. The quantitative estimate of drug-likeness (QED) is 0.0245. The molecular formula is C58H107NO5. The number of nitrogens with one attached hydrogen (secondary N) is 1. The van der Waals surface area contributed by atoms with Crippen LogP contribution in [0.4, 0.5) is 0 Å². The van der Waals surface area contributed by atoms with Gasteiger partial charge in [-0.1, -0.05) is 249 Å². The van der Waals surface area contributed by atoms with Crippen molar-refractivity contribution in [3.05, 3.63) is 48.6 Å². The molecule has 6 heteroatoms. The van der Waals surface area contributed by atoms with Crippen LogP contribution in [-0.2, 0) is 14.3 Å². The maximum atomic E-state index is 13.2. The predicted octanol–water partition coefficient (Wildman–Crippen LogP) is 17.0. The molecule has 0 rings (SSSR count). The minimum absolute atomic E-state index is 0.0680. The van der Waals surface area contributed by atoms with Gasteiger partial charge in [0.15, 0.2) is 0 Å². The topological polar surface area (TPSA) is 95.9 Å². The maximum Gasteiger partial charge on any atom is 0.306 e. The number of amides is 1. The molecule has 0 radical (unpaired) electrons. The molecule has 6 nitrogen and oxygen atoms in total. The summed E-state index contributed by atoms with van der Waals surface area (Å²) in [5.74, 6) is -0.487. The summed E-state index contributed by atoms with van der Waals surface area (Å²) in [5, 5.41) is 23.9. The Bertz CT molecular complexity index is 1100. The predicted molar refractivity (Wildman–Crippen MR) is 278 cm³/mol. The first-order valence-electron chi connectivity index (χ1n) is 27.9. The van der Waals surface area contributed by atoms with Crippen molar-refractivity contribution < 1.29 is 24.5 Å². The van der Waals surface area contributed by atoms with Crippen LogP contribution in [0, 0.1) is 0 Å². The fraction of sp³-hybridized carbons (Fsp3) is 0.828. The number of aliphatic hydroxyl groups excluding tert-OH is 2. The van der Waals surface area contributed by atoms with Crippen LogP contribution in [0.15, 0.2) is 48.6 Å². The van der Waals surface area contributed by atoms with Crippen LogP contribution in [0.5, 0.6) is 0 Å². The van der Waals surface area contributed by atoms with Gasteiger partial charge in [-0.25, -0.2) is 0 Å². The van der Waals surface area contributed by atoms with Crippen molar-refractivity contribution >= 4 is 11.9 Å². The third-order valence-electron chi connectivity index (χ3n) is 12.7. The molecule has 1 amide bonds. The molecule has 0 aliphatic rings. The van der Waals surface area contributed by atoms with Gasteiger partial charge < -0.3 is 20.3 Å². The van der Waals surface area contributed by atoms with Gasteiger partial charge in [-0.15, -0.1) is 0 Å². The van der Waals surface area contributed by atoms with Crippen molar-refractivity contribution in [1.29, 1.82) is 0 Å². The average molecular weight is 898 g/mol. The van der Waals surface area contributed by atoms with Crippen LogP contribution < -0.4 is 5.32 Å². The SMILES string of the molecule is CC/C=C/C=C/C=C/CCCCCCCCCC(=O)OC(CCCCCCC/C=C\CCCCCC)CC(=O)NC(CO)C(O)CCCCCCCCCCCCCCCCCCC. The van der Waals surface area contributed by atoms with Gasteiger partial charge in [-0.2, -0.15) is 0 Å². The number of carbonyl (C=O) groups excluding carboxylic acids is 2. The summed E-state index contributed by atoms with van der Waals surface area (Å²) in [6.07, 6.45) is 63.1. The van der Waals surface area contributed by atoms with Gasteiger partial charge in [-0.05, 0) is 70.6 Å². The number of esters is 1. The molecule has 0 saturated carbocycles. The van der Waals surface area contributed by atoms with Crippen LogP contribution in [0.25, 0.3) is 0 Å². The fourth-order valence-electron chi connectivity index (χ4n) is 8.49. The molecule has 0 spiro atoms. The summed E-state index contributed by atoms with van der Waals surface area (Å²) >= 11 is 0. The number of hydrogen-bond acceptors (Lipinski definition) is 5. The number of unbranched alkanes of at least 4 members (excludes halogenated alkanes) is 32. The van der Waals surface area contributed by atoms with E-state index < -0.39 is 18.2 Å². The van der Waals surface area contributed by atoms with E-state index in [4.69, 9.17) is 4.74 Å². The van der Waals surface area contributed by atoms with Crippen LogP contribution >= 0.6 is 0 Å². The summed E-state index contributed by atoms with van der Waals surface area (Å²) in [6.45, 7) is 6.36. The third-order valence-corrected chi connectivity index (χ3v) is 12.7. The minimum atomic E-state index is -0.792. The molecule has 0 aromatic carbocycles. The lowest BCUT2D eigenvalue weighted by Crippen LogP contribution is -2.46. The highest BCUT2D eigenvalue weighted by molar-refractivity contribution is 5.77. The van der Waals surface area contributed by atoms with Gasteiger partial charge in [0.25, 0.3) is 0 Å². The molecular weight excluding hydrogens is 791 g/mol. The Labute approximate surface area is 397 Å². The van der Waals surface area contributed by atoms with E-state index in [1.165, 1.54) is 167 Å². The van der Waals surface area contributed by atoms with E-state index in [-0.39, 0.29) is 24.9 Å². The molecule has 0 bridgehead atoms. The molecule has 0 aliphatic heterocycles. The number of aliphatic hydroxyl groups is 2. The highest BCUT2D eigenvalue weighted by Gasteiger charge is 2.24. The van der Waals surface area contributed by atoms with Crippen molar-refractivity contribution in [2.75, 3.05) is 6.61 Å². The Balaban J connectivity index is 4.52. The molecule has 0 aromatic heterocycles. The van der Waals surface area contributed by atoms with E-state index in [1.54, 1.807) is 0 Å². The molecule has 0 fully saturated rings. The highest BCUT2D eigenvalue weighted by Crippen LogP contribution is 2.18. The summed E-state index contributed by atoms with van der Waals surface area (Å²) in [6, 6.07) is -0.707. The van der Waals surface area contributed by atoms with E-state index >= 15 is 0 Å². The smallest absolute Gasteiger partial charge is 0.306 e. The Kier molecular flexibility index (Phi) is 50.0. The molecule has 3 N–H and O–H groups in total. The molecule has 0 aromatic rings. The molecule has 64 heavy (non-hydrogen) atoms. The average Bonchev–Trinajstić information content (AvgIpc) is 3.29. The standard InChI is InChI=1S/C58H107NO5/c1-4-7-10-13-16-19-22-25-27-28-30-32-35-38-41-44-47-50-56(61)55(53-60)59-57(62)52-54(49-46-43-40-37-34-31-24-21-18-15-12-9-6-3)64-58(63)51-48-45-42-39-36-33-29-26-23-20-17-14-11-8-5-2/h8,11,14,17,20-21,23-24,54-56,60-61H,4-7,9-10,12-13,15-16,18-19,22,25-53H2,1-3H3,(H,59,62)/b11-8+,17-14+,23-20+,24-21-.